The summed E-state index contributed by atoms with van der Waals surface area (Å²) in [6, 6.07) is 5.93. The summed E-state index contributed by atoms with van der Waals surface area (Å²) in [5.74, 6) is 0.811. The molecule has 0 saturated carbocycles. The highest BCUT2D eigenvalue weighted by Gasteiger charge is 2.20. The fourth-order valence-electron chi connectivity index (χ4n) is 2.15. The summed E-state index contributed by atoms with van der Waals surface area (Å²) in [5, 5.41) is 3.94. The van der Waals surface area contributed by atoms with E-state index >= 15 is 0 Å². The predicted octanol–water partition coefficient (Wildman–Crippen LogP) is 3.55. The molecule has 2 N–H and O–H groups in total. The van der Waals surface area contributed by atoms with Crippen LogP contribution in [0.15, 0.2) is 34.2 Å². The number of thiazole rings is 1. The molecule has 4 heteroatoms. The zero-order valence-corrected chi connectivity index (χ0v) is 11.1. The number of benzene rings is 1. The lowest BCUT2D eigenvalue weighted by Gasteiger charge is -2.05. The van der Waals surface area contributed by atoms with E-state index in [1.54, 1.807) is 17.5 Å². The van der Waals surface area contributed by atoms with Crippen molar-refractivity contribution in [3.63, 3.8) is 0 Å². The molecule has 2 heterocycles. The van der Waals surface area contributed by atoms with Gasteiger partial charge in [0.1, 0.15) is 22.4 Å². The molecular weight excluding hydrogens is 244 g/mol. The average molecular weight is 258 g/mol. The first-order valence-corrected chi connectivity index (χ1v) is 6.69. The van der Waals surface area contributed by atoms with E-state index in [9.17, 15) is 0 Å². The van der Waals surface area contributed by atoms with Gasteiger partial charge in [0.25, 0.3) is 0 Å². The quantitative estimate of drug-likeness (QED) is 0.764. The predicted molar refractivity (Wildman–Crippen MR) is 73.8 cm³/mol. The number of furan rings is 1. The number of hydrogen-bond acceptors (Lipinski definition) is 4. The minimum Gasteiger partial charge on any atom is -0.459 e. The van der Waals surface area contributed by atoms with Crippen LogP contribution in [-0.2, 0) is 0 Å². The van der Waals surface area contributed by atoms with Crippen molar-refractivity contribution in [2.24, 2.45) is 5.73 Å². The second-order valence-electron chi connectivity index (χ2n) is 4.44. The zero-order chi connectivity index (χ0) is 12.7. The van der Waals surface area contributed by atoms with E-state index in [4.69, 9.17) is 10.2 Å². The molecule has 3 aromatic rings. The van der Waals surface area contributed by atoms with Crippen molar-refractivity contribution in [2.45, 2.75) is 19.9 Å². The van der Waals surface area contributed by atoms with Crippen molar-refractivity contribution in [2.75, 3.05) is 0 Å². The third-order valence-electron chi connectivity index (χ3n) is 3.13. The van der Waals surface area contributed by atoms with Gasteiger partial charge in [-0.1, -0.05) is 12.1 Å². The van der Waals surface area contributed by atoms with E-state index < -0.39 is 0 Å². The summed E-state index contributed by atoms with van der Waals surface area (Å²) in [5.41, 5.74) is 9.41. The molecule has 1 atom stereocenters. The number of nitrogens with zero attached hydrogens (tertiary/aromatic N) is 1. The molecule has 0 spiro atoms. The van der Waals surface area contributed by atoms with Gasteiger partial charge in [0.2, 0.25) is 0 Å². The van der Waals surface area contributed by atoms with Crippen LogP contribution in [0.1, 0.15) is 27.9 Å². The van der Waals surface area contributed by atoms with Crippen LogP contribution in [0.2, 0.25) is 0 Å². The maximum Gasteiger partial charge on any atom is 0.134 e. The Hall–Kier alpha value is -1.65. The fourth-order valence-corrected chi connectivity index (χ4v) is 2.78. The molecule has 0 aliphatic rings. The van der Waals surface area contributed by atoms with Gasteiger partial charge in [0.15, 0.2) is 0 Å². The van der Waals surface area contributed by atoms with Crippen LogP contribution in [0.5, 0.6) is 0 Å². The first-order valence-electron chi connectivity index (χ1n) is 5.81. The number of aromatic nitrogens is 1. The maximum atomic E-state index is 6.22. The van der Waals surface area contributed by atoms with E-state index in [1.807, 2.05) is 18.4 Å². The molecule has 3 nitrogen and oxygen atoms in total. The first kappa shape index (κ1) is 11.4. The van der Waals surface area contributed by atoms with Gasteiger partial charge in [-0.3, -0.25) is 0 Å². The molecule has 2 aromatic heterocycles. The van der Waals surface area contributed by atoms with E-state index in [-0.39, 0.29) is 6.04 Å². The smallest absolute Gasteiger partial charge is 0.134 e. The van der Waals surface area contributed by atoms with E-state index in [0.717, 1.165) is 27.3 Å². The lowest BCUT2D eigenvalue weighted by atomic mass is 10.1. The van der Waals surface area contributed by atoms with E-state index in [1.165, 1.54) is 5.56 Å². The van der Waals surface area contributed by atoms with Crippen molar-refractivity contribution < 1.29 is 4.42 Å². The number of fused-ring (bicyclic) bond motifs is 1. The fraction of sp³-hybridized carbons (Fsp3) is 0.214. The van der Waals surface area contributed by atoms with Crippen molar-refractivity contribution in [1.82, 2.24) is 4.98 Å². The lowest BCUT2D eigenvalue weighted by Crippen LogP contribution is -2.11. The molecule has 0 aliphatic carbocycles. The molecule has 0 radical (unpaired) electrons. The minimum atomic E-state index is -0.280. The molecule has 1 aromatic carbocycles. The summed E-state index contributed by atoms with van der Waals surface area (Å²) in [4.78, 5) is 4.25. The van der Waals surface area contributed by atoms with Crippen LogP contribution in [0, 0.1) is 13.8 Å². The molecule has 0 saturated heterocycles. The highest BCUT2D eigenvalue weighted by molar-refractivity contribution is 7.09. The van der Waals surface area contributed by atoms with Gasteiger partial charge in [0.05, 0.1) is 0 Å². The van der Waals surface area contributed by atoms with E-state index in [0.29, 0.717) is 0 Å². The highest BCUT2D eigenvalue weighted by atomic mass is 32.1. The van der Waals surface area contributed by atoms with Crippen molar-refractivity contribution >= 4 is 22.3 Å². The molecule has 1 unspecified atom stereocenters. The number of rotatable bonds is 2. The normalized spacial score (nSPS) is 13.1. The summed E-state index contributed by atoms with van der Waals surface area (Å²) in [7, 11) is 0. The van der Waals surface area contributed by atoms with Gasteiger partial charge < -0.3 is 10.2 Å². The Labute approximate surface area is 109 Å². The Morgan fingerprint density at radius 3 is 2.89 bits per heavy atom. The topological polar surface area (TPSA) is 52.0 Å². The SMILES string of the molecule is Cc1ccc2c(C)c(C(N)c3nccs3)oc2c1. The van der Waals surface area contributed by atoms with Gasteiger partial charge in [-0.25, -0.2) is 4.98 Å². The molecule has 18 heavy (non-hydrogen) atoms. The summed E-state index contributed by atoms with van der Waals surface area (Å²) in [6.07, 6.45) is 1.77. The maximum absolute atomic E-state index is 6.22. The summed E-state index contributed by atoms with van der Waals surface area (Å²) >= 11 is 1.55. The summed E-state index contributed by atoms with van der Waals surface area (Å²) in [6.45, 7) is 4.10. The Morgan fingerprint density at radius 1 is 1.33 bits per heavy atom. The second-order valence-corrected chi connectivity index (χ2v) is 5.37. The second kappa shape index (κ2) is 4.23. The van der Waals surface area contributed by atoms with Crippen LogP contribution in [0.4, 0.5) is 0 Å². The molecule has 3 rings (SSSR count). The van der Waals surface area contributed by atoms with Gasteiger partial charge in [-0.05, 0) is 25.5 Å². The Kier molecular flexibility index (Phi) is 2.69. The van der Waals surface area contributed by atoms with Crippen molar-refractivity contribution in [3.8, 4) is 0 Å². The molecular formula is C14H14N2OS. The molecule has 0 aliphatic heterocycles. The monoisotopic (exact) mass is 258 g/mol. The average Bonchev–Trinajstić information content (AvgIpc) is 2.97. The number of nitrogens with two attached hydrogens (primary N) is 1. The molecule has 92 valence electrons. The van der Waals surface area contributed by atoms with E-state index in [2.05, 4.69) is 24.0 Å². The van der Waals surface area contributed by atoms with Crippen LogP contribution < -0.4 is 5.73 Å². The van der Waals surface area contributed by atoms with Gasteiger partial charge in [-0.15, -0.1) is 11.3 Å². The molecule has 0 amide bonds. The third kappa shape index (κ3) is 1.74. The van der Waals surface area contributed by atoms with Gasteiger partial charge in [-0.2, -0.15) is 0 Å². The molecule has 0 fully saturated rings. The lowest BCUT2D eigenvalue weighted by molar-refractivity contribution is 0.520. The standard InChI is InChI=1S/C14H14N2OS/c1-8-3-4-10-9(2)13(17-11(10)7-8)12(15)14-16-5-6-18-14/h3-7,12H,15H2,1-2H3. The summed E-state index contributed by atoms with van der Waals surface area (Å²) < 4.78 is 5.91. The first-order chi connectivity index (χ1) is 8.66. The van der Waals surface area contributed by atoms with Crippen LogP contribution in [0.3, 0.4) is 0 Å². The minimum absolute atomic E-state index is 0.280. The van der Waals surface area contributed by atoms with Gasteiger partial charge in [0, 0.05) is 22.5 Å². The highest BCUT2D eigenvalue weighted by Crippen LogP contribution is 2.32. The number of aryl methyl sites for hydroxylation is 2. The van der Waals surface area contributed by atoms with Crippen LogP contribution in [-0.4, -0.2) is 4.98 Å². The molecule has 0 bridgehead atoms. The largest absolute Gasteiger partial charge is 0.459 e. The van der Waals surface area contributed by atoms with Crippen molar-refractivity contribution in [3.05, 3.63) is 51.7 Å². The Morgan fingerprint density at radius 2 is 2.17 bits per heavy atom. The Bertz CT molecular complexity index is 685. The Balaban J connectivity index is 2.15. The number of hydrogen-bond donors (Lipinski definition) is 1. The zero-order valence-electron chi connectivity index (χ0n) is 10.3. The van der Waals surface area contributed by atoms with Crippen LogP contribution in [0.25, 0.3) is 11.0 Å². The van der Waals surface area contributed by atoms with Crippen LogP contribution >= 0.6 is 11.3 Å². The third-order valence-corrected chi connectivity index (χ3v) is 3.99. The van der Waals surface area contributed by atoms with Gasteiger partial charge >= 0.3 is 0 Å². The van der Waals surface area contributed by atoms with Crippen molar-refractivity contribution in [1.29, 1.82) is 0 Å².